The van der Waals surface area contributed by atoms with E-state index in [0.29, 0.717) is 12.3 Å². The normalized spacial score (nSPS) is 53.3. The molecule has 12 nitrogen and oxygen atoms in total. The molecule has 17 atom stereocenters. The van der Waals surface area contributed by atoms with E-state index in [9.17, 15) is 40.5 Å². The van der Waals surface area contributed by atoms with Crippen molar-refractivity contribution in [1.29, 1.82) is 0 Å². The summed E-state index contributed by atoms with van der Waals surface area (Å²) in [7, 11) is 0. The molecular weight excluding hydrogens is 684 g/mol. The maximum atomic E-state index is 13.0. The molecule has 0 aromatic rings. The van der Waals surface area contributed by atoms with Crippen LogP contribution in [0.2, 0.25) is 0 Å². The number of carboxylic acids is 1. The van der Waals surface area contributed by atoms with E-state index >= 15 is 0 Å². The lowest BCUT2D eigenvalue weighted by Gasteiger charge is -2.71. The van der Waals surface area contributed by atoms with Crippen molar-refractivity contribution in [2.24, 2.45) is 50.2 Å². The topological polar surface area (TPSA) is 196 Å². The highest BCUT2D eigenvalue weighted by Crippen LogP contribution is 2.76. The first-order chi connectivity index (χ1) is 24.7. The standard InChI is InChI=1S/C41H66O12/c1-36(2)14-16-41(35(48)49)17-15-39(6)21(22(41)18-36)8-9-26-38(5)12-11-27(37(3,4)25(38)10-13-40(26,39)7)52-34-32(30(46)29(45)24(19-42)51-34)53-33-31(47)28(44)23(43)20-50-33/h8,22-34,42-47H,9-20H2,1-7H3,(H,48,49)/t22?,23-,24+,25?,26?,27?,28-,29-,30-,31+,32+,33+,34+,38-,39+,40+,41-/m0/s1. The molecule has 0 spiro atoms. The molecule has 7 aliphatic rings. The van der Waals surface area contributed by atoms with Gasteiger partial charge in [0.15, 0.2) is 12.6 Å². The predicted molar refractivity (Wildman–Crippen MR) is 192 cm³/mol. The first-order valence-corrected chi connectivity index (χ1v) is 20.2. The average Bonchev–Trinajstić information content (AvgIpc) is 3.08. The second-order valence-corrected chi connectivity index (χ2v) is 20.2. The molecule has 53 heavy (non-hydrogen) atoms. The molecule has 7 rings (SSSR count). The third-order valence-corrected chi connectivity index (χ3v) is 16.9. The highest BCUT2D eigenvalue weighted by Gasteiger charge is 2.69. The van der Waals surface area contributed by atoms with Crippen molar-refractivity contribution in [1.82, 2.24) is 0 Å². The number of rotatable bonds is 6. The van der Waals surface area contributed by atoms with Crippen LogP contribution >= 0.6 is 0 Å². The Morgan fingerprint density at radius 3 is 2.19 bits per heavy atom. The Labute approximate surface area is 314 Å². The molecule has 0 aromatic heterocycles. The van der Waals surface area contributed by atoms with Crippen LogP contribution in [-0.4, -0.2) is 116 Å². The van der Waals surface area contributed by atoms with Crippen LogP contribution in [-0.2, 0) is 23.7 Å². The molecule has 4 unspecified atom stereocenters. The summed E-state index contributed by atoms with van der Waals surface area (Å²) in [5.41, 5.74) is 0.357. The van der Waals surface area contributed by atoms with Crippen LogP contribution in [0.5, 0.6) is 0 Å². The Morgan fingerprint density at radius 2 is 1.51 bits per heavy atom. The summed E-state index contributed by atoms with van der Waals surface area (Å²) in [6, 6.07) is 0. The van der Waals surface area contributed by atoms with Crippen molar-refractivity contribution >= 4 is 5.97 Å². The Kier molecular flexibility index (Phi) is 10.2. The van der Waals surface area contributed by atoms with Crippen molar-refractivity contribution in [3.05, 3.63) is 11.6 Å². The molecule has 2 heterocycles. The molecule has 302 valence electrons. The second-order valence-electron chi connectivity index (χ2n) is 20.2. The number of aliphatic carboxylic acids is 1. The van der Waals surface area contributed by atoms with Gasteiger partial charge in [-0.15, -0.1) is 0 Å². The van der Waals surface area contributed by atoms with Crippen molar-refractivity contribution in [3.8, 4) is 0 Å². The number of carboxylic acid groups (broad SMARTS) is 1. The number of aliphatic hydroxyl groups is 6. The number of carbonyl (C=O) groups is 1. The highest BCUT2D eigenvalue weighted by molar-refractivity contribution is 5.76. The van der Waals surface area contributed by atoms with Gasteiger partial charge in [-0.2, -0.15) is 0 Å². The van der Waals surface area contributed by atoms with Crippen molar-refractivity contribution in [3.63, 3.8) is 0 Å². The minimum atomic E-state index is -1.62. The fourth-order valence-corrected chi connectivity index (χ4v) is 13.4. The number of hydrogen-bond acceptors (Lipinski definition) is 11. The van der Waals surface area contributed by atoms with Gasteiger partial charge in [0.25, 0.3) is 0 Å². The van der Waals surface area contributed by atoms with Crippen molar-refractivity contribution in [2.45, 2.75) is 174 Å². The lowest BCUT2D eigenvalue weighted by Crippen LogP contribution is -2.66. The zero-order chi connectivity index (χ0) is 38.7. The summed E-state index contributed by atoms with van der Waals surface area (Å²) in [5, 5.41) is 73.6. The molecule has 2 saturated heterocycles. The van der Waals surface area contributed by atoms with Gasteiger partial charge in [0.1, 0.15) is 42.7 Å². The minimum Gasteiger partial charge on any atom is -0.481 e. The maximum Gasteiger partial charge on any atom is 0.310 e. The summed E-state index contributed by atoms with van der Waals surface area (Å²) in [4.78, 5) is 13.0. The second kappa shape index (κ2) is 13.5. The van der Waals surface area contributed by atoms with Crippen LogP contribution in [0.1, 0.15) is 113 Å². The molecule has 0 aromatic carbocycles. The predicted octanol–water partition coefficient (Wildman–Crippen LogP) is 3.52. The largest absolute Gasteiger partial charge is 0.481 e. The van der Waals surface area contributed by atoms with Gasteiger partial charge in [0, 0.05) is 0 Å². The number of hydrogen-bond donors (Lipinski definition) is 7. The third kappa shape index (κ3) is 5.94. The van der Waals surface area contributed by atoms with Gasteiger partial charge >= 0.3 is 5.97 Å². The average molecular weight is 751 g/mol. The van der Waals surface area contributed by atoms with Gasteiger partial charge in [-0.3, -0.25) is 4.79 Å². The van der Waals surface area contributed by atoms with E-state index in [1.807, 2.05) is 0 Å². The Balaban J connectivity index is 1.15. The molecule has 7 N–H and O–H groups in total. The van der Waals surface area contributed by atoms with Gasteiger partial charge in [-0.25, -0.2) is 0 Å². The van der Waals surface area contributed by atoms with E-state index in [2.05, 4.69) is 54.5 Å². The SMILES string of the molecule is CC1(C)CC[C@]2(C(=O)O)CC[C@]3(C)C(=CCC4[C@@]5(C)CCC(O[C@H]6O[C@H](CO)[C@H](O)[C@H](O)[C@H]6O[C@H]6OC[C@H](O)[C@H](O)[C@H]6O)C(C)(C)C5CC[C@]43C)C2C1. The number of fused-ring (bicyclic) bond motifs is 7. The quantitative estimate of drug-likeness (QED) is 0.155. The molecule has 0 radical (unpaired) electrons. The van der Waals surface area contributed by atoms with Crippen LogP contribution in [0.4, 0.5) is 0 Å². The molecule has 5 aliphatic carbocycles. The summed E-state index contributed by atoms with van der Waals surface area (Å²) < 4.78 is 24.3. The maximum absolute atomic E-state index is 13.0. The third-order valence-electron chi connectivity index (χ3n) is 16.9. The van der Waals surface area contributed by atoms with Crippen molar-refractivity contribution in [2.75, 3.05) is 13.2 Å². The first-order valence-electron chi connectivity index (χ1n) is 20.2. The molecule has 4 saturated carbocycles. The van der Waals surface area contributed by atoms with Gasteiger partial charge < -0.3 is 54.7 Å². The van der Waals surface area contributed by atoms with Gasteiger partial charge in [0.2, 0.25) is 0 Å². The molecule has 0 amide bonds. The van der Waals surface area contributed by atoms with Gasteiger partial charge in [-0.05, 0) is 109 Å². The molecule has 2 aliphatic heterocycles. The Hall–Kier alpha value is -1.19. The molecule has 6 fully saturated rings. The zero-order valence-electron chi connectivity index (χ0n) is 32.7. The van der Waals surface area contributed by atoms with E-state index in [4.69, 9.17) is 18.9 Å². The summed E-state index contributed by atoms with van der Waals surface area (Å²) >= 11 is 0. The lowest BCUT2D eigenvalue weighted by molar-refractivity contribution is -0.370. The van der Waals surface area contributed by atoms with Gasteiger partial charge in [0.05, 0.1) is 24.7 Å². The fraction of sp³-hybridized carbons (Fsp3) is 0.927. The number of allylic oxidation sites excluding steroid dienone is 2. The monoisotopic (exact) mass is 750 g/mol. The van der Waals surface area contributed by atoms with Crippen molar-refractivity contribution < 1.29 is 59.5 Å². The molecule has 0 bridgehead atoms. The Morgan fingerprint density at radius 1 is 0.811 bits per heavy atom. The summed E-state index contributed by atoms with van der Waals surface area (Å²) in [5.74, 6) is 0.0980. The van der Waals surface area contributed by atoms with Crippen LogP contribution in [0.25, 0.3) is 0 Å². The van der Waals surface area contributed by atoms with Crippen LogP contribution in [0.15, 0.2) is 11.6 Å². The van der Waals surface area contributed by atoms with Gasteiger partial charge in [-0.1, -0.05) is 60.1 Å². The van der Waals surface area contributed by atoms with E-state index in [0.717, 1.165) is 57.8 Å². The van der Waals surface area contributed by atoms with Crippen LogP contribution < -0.4 is 0 Å². The smallest absolute Gasteiger partial charge is 0.310 e. The summed E-state index contributed by atoms with van der Waals surface area (Å²) in [6.45, 7) is 15.6. The fourth-order valence-electron chi connectivity index (χ4n) is 13.4. The summed E-state index contributed by atoms with van der Waals surface area (Å²) in [6.07, 6.45) is -1.79. The molecule has 12 heteroatoms. The van der Waals surface area contributed by atoms with E-state index in [1.165, 1.54) is 5.57 Å². The van der Waals surface area contributed by atoms with Crippen LogP contribution in [0.3, 0.4) is 0 Å². The van der Waals surface area contributed by atoms with E-state index in [1.54, 1.807) is 0 Å². The zero-order valence-corrected chi connectivity index (χ0v) is 32.7. The Bertz CT molecular complexity index is 1430. The van der Waals surface area contributed by atoms with Crippen LogP contribution in [0, 0.1) is 50.2 Å². The van der Waals surface area contributed by atoms with E-state index in [-0.39, 0.29) is 51.6 Å². The highest BCUT2D eigenvalue weighted by atomic mass is 16.8. The first kappa shape index (κ1) is 40.0. The number of ether oxygens (including phenoxy) is 4. The number of aliphatic hydroxyl groups excluding tert-OH is 6. The minimum absolute atomic E-state index is 0.00263. The lowest BCUT2D eigenvalue weighted by atomic mass is 9.33. The molecular formula is C41H66O12. The van der Waals surface area contributed by atoms with E-state index < -0.39 is 73.3 Å².